The van der Waals surface area contributed by atoms with Crippen LogP contribution in [0.1, 0.15) is 44.0 Å². The average molecular weight is 219 g/mol. The van der Waals surface area contributed by atoms with E-state index in [4.69, 9.17) is 0 Å². The van der Waals surface area contributed by atoms with Crippen LogP contribution in [0.3, 0.4) is 0 Å². The third-order valence-corrected chi connectivity index (χ3v) is 3.70. The van der Waals surface area contributed by atoms with E-state index in [0.717, 1.165) is 12.2 Å². The highest BCUT2D eigenvalue weighted by Gasteiger charge is 2.48. The van der Waals surface area contributed by atoms with Crippen LogP contribution < -0.4 is 5.32 Å². The Bertz CT molecular complexity index is 443. The minimum atomic E-state index is 0.0865. The highest BCUT2D eigenvalue weighted by molar-refractivity contribution is 5.76. The van der Waals surface area contributed by atoms with Gasteiger partial charge in [-0.05, 0) is 24.8 Å². The maximum absolute atomic E-state index is 11.6. The Labute approximate surface area is 95.0 Å². The lowest BCUT2D eigenvalue weighted by molar-refractivity contribution is -0.121. The van der Waals surface area contributed by atoms with Crippen LogP contribution in [0.5, 0.6) is 0 Å². The van der Waals surface area contributed by atoms with E-state index in [1.807, 2.05) is 4.68 Å². The second-order valence-electron chi connectivity index (χ2n) is 5.32. The predicted molar refractivity (Wildman–Crippen MR) is 60.2 cm³/mol. The van der Waals surface area contributed by atoms with Crippen molar-refractivity contribution in [2.45, 2.75) is 44.6 Å². The van der Waals surface area contributed by atoms with E-state index in [1.165, 1.54) is 18.5 Å². The summed E-state index contributed by atoms with van der Waals surface area (Å²) in [5.41, 5.74) is 2.57. The van der Waals surface area contributed by atoms with Crippen LogP contribution in [0.25, 0.3) is 0 Å². The van der Waals surface area contributed by atoms with Crippen molar-refractivity contribution in [2.75, 3.05) is 6.54 Å². The van der Waals surface area contributed by atoms with Gasteiger partial charge in [-0.2, -0.15) is 5.10 Å². The molecule has 1 aromatic heterocycles. The summed E-state index contributed by atoms with van der Waals surface area (Å²) < 4.78 is 1.91. The molecule has 16 heavy (non-hydrogen) atoms. The zero-order chi connectivity index (χ0) is 11.3. The maximum Gasteiger partial charge on any atom is 0.241 e. The normalized spacial score (nSPS) is 21.8. The third kappa shape index (κ3) is 1.36. The number of nitrogens with zero attached hydrogens (tertiary/aromatic N) is 2. The number of carbonyl (C=O) groups excluding carboxylic acids is 1. The second-order valence-corrected chi connectivity index (χ2v) is 5.32. The molecular formula is C12H17N3O. The lowest BCUT2D eigenvalue weighted by Gasteiger charge is -2.11. The molecule has 1 aliphatic carbocycles. The molecule has 0 atom stereocenters. The number of fused-ring (bicyclic) bond motifs is 2. The molecule has 0 aromatic carbocycles. The fourth-order valence-electron chi connectivity index (χ4n) is 2.40. The van der Waals surface area contributed by atoms with E-state index in [1.54, 1.807) is 0 Å². The van der Waals surface area contributed by atoms with Crippen molar-refractivity contribution in [3.63, 3.8) is 0 Å². The SMILES string of the molecule is CC(C)c1cc2n(n1)CC(=O)NCC21CC1. The maximum atomic E-state index is 11.6. The van der Waals surface area contributed by atoms with Crippen LogP contribution in [-0.4, -0.2) is 22.2 Å². The third-order valence-electron chi connectivity index (χ3n) is 3.70. The molecule has 1 saturated carbocycles. The van der Waals surface area contributed by atoms with E-state index in [2.05, 4.69) is 30.3 Å². The summed E-state index contributed by atoms with van der Waals surface area (Å²) in [6.07, 6.45) is 2.35. The van der Waals surface area contributed by atoms with Gasteiger partial charge >= 0.3 is 0 Å². The van der Waals surface area contributed by atoms with Crippen LogP contribution in [0.2, 0.25) is 0 Å². The van der Waals surface area contributed by atoms with Gasteiger partial charge in [-0.15, -0.1) is 0 Å². The number of carbonyl (C=O) groups is 1. The Hall–Kier alpha value is -1.32. The summed E-state index contributed by atoms with van der Waals surface area (Å²) in [7, 11) is 0. The fraction of sp³-hybridized carbons (Fsp3) is 0.667. The zero-order valence-electron chi connectivity index (χ0n) is 9.79. The van der Waals surface area contributed by atoms with Crippen molar-refractivity contribution in [3.05, 3.63) is 17.5 Å². The van der Waals surface area contributed by atoms with Gasteiger partial charge in [0.2, 0.25) is 5.91 Å². The van der Waals surface area contributed by atoms with Gasteiger partial charge in [0.15, 0.2) is 0 Å². The van der Waals surface area contributed by atoms with Gasteiger partial charge < -0.3 is 5.32 Å². The lowest BCUT2D eigenvalue weighted by atomic mass is 10.0. The van der Waals surface area contributed by atoms with Gasteiger partial charge in [0.05, 0.1) is 5.69 Å². The quantitative estimate of drug-likeness (QED) is 0.770. The lowest BCUT2D eigenvalue weighted by Crippen LogP contribution is -2.29. The topological polar surface area (TPSA) is 46.9 Å². The van der Waals surface area contributed by atoms with E-state index < -0.39 is 0 Å². The molecule has 1 aromatic rings. The first-order valence-corrected chi connectivity index (χ1v) is 5.96. The monoisotopic (exact) mass is 219 g/mol. The molecule has 0 radical (unpaired) electrons. The Kier molecular flexibility index (Phi) is 1.91. The molecule has 1 N–H and O–H groups in total. The summed E-state index contributed by atoms with van der Waals surface area (Å²) in [5.74, 6) is 0.515. The molecule has 86 valence electrons. The van der Waals surface area contributed by atoms with Crippen molar-refractivity contribution in [3.8, 4) is 0 Å². The Balaban J connectivity index is 2.06. The van der Waals surface area contributed by atoms with Crippen LogP contribution in [0.4, 0.5) is 0 Å². The number of hydrogen-bond acceptors (Lipinski definition) is 2. The largest absolute Gasteiger partial charge is 0.354 e. The first kappa shape index (κ1) is 9.87. The molecule has 4 heteroatoms. The molecule has 3 rings (SSSR count). The van der Waals surface area contributed by atoms with E-state index >= 15 is 0 Å². The van der Waals surface area contributed by atoms with Crippen LogP contribution in [-0.2, 0) is 16.8 Å². The zero-order valence-corrected chi connectivity index (χ0v) is 9.79. The van der Waals surface area contributed by atoms with E-state index in [9.17, 15) is 4.79 Å². The van der Waals surface area contributed by atoms with Crippen molar-refractivity contribution < 1.29 is 4.79 Å². The summed E-state index contributed by atoms with van der Waals surface area (Å²) in [5, 5.41) is 7.53. The van der Waals surface area contributed by atoms with Gasteiger partial charge in [0.1, 0.15) is 6.54 Å². The summed E-state index contributed by atoms with van der Waals surface area (Å²) >= 11 is 0. The molecule has 2 aliphatic rings. The minimum absolute atomic E-state index is 0.0865. The molecule has 2 heterocycles. The van der Waals surface area contributed by atoms with E-state index in [-0.39, 0.29) is 11.3 Å². The van der Waals surface area contributed by atoms with Crippen LogP contribution >= 0.6 is 0 Å². The number of amides is 1. The summed E-state index contributed by atoms with van der Waals surface area (Å²) in [6, 6.07) is 2.19. The summed E-state index contributed by atoms with van der Waals surface area (Å²) in [4.78, 5) is 11.6. The van der Waals surface area contributed by atoms with Gasteiger partial charge in [-0.1, -0.05) is 13.8 Å². The molecule has 1 aliphatic heterocycles. The summed E-state index contributed by atoms with van der Waals surface area (Å²) in [6.45, 7) is 5.45. The first-order valence-electron chi connectivity index (χ1n) is 5.96. The van der Waals surface area contributed by atoms with Crippen LogP contribution in [0, 0.1) is 0 Å². The van der Waals surface area contributed by atoms with E-state index in [0.29, 0.717) is 12.5 Å². The second kappa shape index (κ2) is 3.09. The van der Waals surface area contributed by atoms with Crippen molar-refractivity contribution in [1.29, 1.82) is 0 Å². The number of rotatable bonds is 1. The van der Waals surface area contributed by atoms with Crippen molar-refractivity contribution >= 4 is 5.91 Å². The number of hydrogen-bond donors (Lipinski definition) is 1. The fourth-order valence-corrected chi connectivity index (χ4v) is 2.40. The molecular weight excluding hydrogens is 202 g/mol. The minimum Gasteiger partial charge on any atom is -0.354 e. The van der Waals surface area contributed by atoms with Gasteiger partial charge in [0.25, 0.3) is 0 Å². The molecule has 0 bridgehead atoms. The Morgan fingerprint density at radius 3 is 2.88 bits per heavy atom. The highest BCUT2D eigenvalue weighted by atomic mass is 16.2. The molecule has 1 spiro atoms. The van der Waals surface area contributed by atoms with Crippen molar-refractivity contribution in [2.24, 2.45) is 0 Å². The standard InChI is InChI=1S/C12H17N3O/c1-8(2)9-5-10-12(3-4-12)7-13-11(16)6-15(10)14-9/h5,8H,3-4,6-7H2,1-2H3,(H,13,16). The Morgan fingerprint density at radius 1 is 1.50 bits per heavy atom. The number of aromatic nitrogens is 2. The Morgan fingerprint density at radius 2 is 2.25 bits per heavy atom. The highest BCUT2D eigenvalue weighted by Crippen LogP contribution is 2.48. The number of nitrogens with one attached hydrogen (secondary N) is 1. The average Bonchev–Trinajstić information content (AvgIpc) is 2.92. The van der Waals surface area contributed by atoms with Gasteiger partial charge in [0, 0.05) is 17.7 Å². The van der Waals surface area contributed by atoms with Crippen LogP contribution in [0.15, 0.2) is 6.07 Å². The van der Waals surface area contributed by atoms with Crippen molar-refractivity contribution in [1.82, 2.24) is 15.1 Å². The molecule has 0 saturated heterocycles. The first-order chi connectivity index (χ1) is 7.61. The van der Waals surface area contributed by atoms with Gasteiger partial charge in [-0.25, -0.2) is 0 Å². The smallest absolute Gasteiger partial charge is 0.241 e. The van der Waals surface area contributed by atoms with Gasteiger partial charge in [-0.3, -0.25) is 9.48 Å². The molecule has 0 unspecified atom stereocenters. The predicted octanol–water partition coefficient (Wildman–Crippen LogP) is 1.17. The molecule has 1 amide bonds. The molecule has 4 nitrogen and oxygen atoms in total. The molecule has 1 fully saturated rings.